The molecular weight excluding hydrogens is 366 g/mol. The van der Waals surface area contributed by atoms with Crippen molar-refractivity contribution in [3.8, 4) is 0 Å². The molecular formula is C19H19N3O4S. The van der Waals surface area contributed by atoms with Gasteiger partial charge in [-0.3, -0.25) is 14.2 Å². The lowest BCUT2D eigenvalue weighted by atomic mass is 10.2. The van der Waals surface area contributed by atoms with Crippen LogP contribution in [0.15, 0.2) is 35.1 Å². The van der Waals surface area contributed by atoms with Gasteiger partial charge in [-0.05, 0) is 25.0 Å². The summed E-state index contributed by atoms with van der Waals surface area (Å²) in [7, 11) is 0. The van der Waals surface area contributed by atoms with E-state index in [0.29, 0.717) is 26.5 Å². The number of carbonyl (C=O) groups excluding carboxylic acids is 2. The average Bonchev–Trinajstić information content (AvgIpc) is 2.96. The summed E-state index contributed by atoms with van der Waals surface area (Å²) in [5.41, 5.74) is 6.31. The first-order valence-corrected chi connectivity index (χ1v) is 9.20. The van der Waals surface area contributed by atoms with E-state index in [2.05, 4.69) is 4.98 Å². The maximum Gasteiger partial charge on any atom is 0.349 e. The van der Waals surface area contributed by atoms with Crippen LogP contribution in [0.1, 0.15) is 33.0 Å². The average molecular weight is 385 g/mol. The van der Waals surface area contributed by atoms with Crippen LogP contribution in [0.5, 0.6) is 0 Å². The fourth-order valence-electron chi connectivity index (χ4n) is 2.79. The molecule has 27 heavy (non-hydrogen) atoms. The van der Waals surface area contributed by atoms with Gasteiger partial charge < -0.3 is 10.5 Å². The number of benzene rings is 1. The molecule has 7 nitrogen and oxygen atoms in total. The number of ether oxygens (including phenoxy) is 1. The third kappa shape index (κ3) is 3.90. The number of rotatable bonds is 6. The Morgan fingerprint density at radius 3 is 2.59 bits per heavy atom. The van der Waals surface area contributed by atoms with E-state index in [4.69, 9.17) is 10.5 Å². The molecule has 3 rings (SSSR count). The lowest BCUT2D eigenvalue weighted by molar-refractivity contribution is -0.118. The summed E-state index contributed by atoms with van der Waals surface area (Å²) in [6, 6.07) is 9.36. The van der Waals surface area contributed by atoms with Crippen LogP contribution in [0.25, 0.3) is 10.2 Å². The molecule has 2 heterocycles. The van der Waals surface area contributed by atoms with Gasteiger partial charge in [-0.1, -0.05) is 30.3 Å². The van der Waals surface area contributed by atoms with Crippen molar-refractivity contribution in [1.29, 1.82) is 0 Å². The van der Waals surface area contributed by atoms with Crippen molar-refractivity contribution in [3.63, 3.8) is 0 Å². The number of hydrogen-bond acceptors (Lipinski definition) is 6. The van der Waals surface area contributed by atoms with Crippen molar-refractivity contribution < 1.29 is 14.3 Å². The van der Waals surface area contributed by atoms with E-state index in [1.54, 1.807) is 13.8 Å². The molecule has 0 saturated carbocycles. The predicted molar refractivity (Wildman–Crippen MR) is 103 cm³/mol. The van der Waals surface area contributed by atoms with Gasteiger partial charge in [0, 0.05) is 13.0 Å². The molecule has 0 radical (unpaired) electrons. The van der Waals surface area contributed by atoms with Gasteiger partial charge in [0.2, 0.25) is 5.91 Å². The summed E-state index contributed by atoms with van der Waals surface area (Å²) in [6.45, 7) is 3.70. The maximum atomic E-state index is 12.8. The highest BCUT2D eigenvalue weighted by Crippen LogP contribution is 2.28. The molecule has 0 atom stereocenters. The van der Waals surface area contributed by atoms with Crippen molar-refractivity contribution in [1.82, 2.24) is 9.55 Å². The van der Waals surface area contributed by atoms with E-state index in [0.717, 1.165) is 16.9 Å². The topological polar surface area (TPSA) is 104 Å². The zero-order valence-corrected chi connectivity index (χ0v) is 15.8. The fourth-order valence-corrected chi connectivity index (χ4v) is 3.90. The second-order valence-corrected chi connectivity index (χ2v) is 7.13. The second kappa shape index (κ2) is 7.71. The summed E-state index contributed by atoms with van der Waals surface area (Å²) in [5.74, 6) is -0.507. The fraction of sp³-hybridized carbons (Fsp3) is 0.263. The summed E-state index contributed by atoms with van der Waals surface area (Å²) < 4.78 is 6.79. The Balaban J connectivity index is 1.92. The minimum absolute atomic E-state index is 0.0447. The van der Waals surface area contributed by atoms with Crippen LogP contribution < -0.4 is 11.3 Å². The van der Waals surface area contributed by atoms with Crippen molar-refractivity contribution in [2.75, 3.05) is 0 Å². The van der Waals surface area contributed by atoms with E-state index < -0.39 is 11.9 Å². The minimum Gasteiger partial charge on any atom is -0.457 e. The number of primary amides is 1. The number of hydrogen-bond donors (Lipinski definition) is 1. The Hall–Kier alpha value is -3.00. The molecule has 0 unspecified atom stereocenters. The van der Waals surface area contributed by atoms with Crippen LogP contribution in [0.4, 0.5) is 0 Å². The number of nitrogens with zero attached hydrogens (tertiary/aromatic N) is 2. The molecule has 140 valence electrons. The number of nitrogens with two attached hydrogens (primary N) is 1. The second-order valence-electron chi connectivity index (χ2n) is 6.13. The maximum absolute atomic E-state index is 12.8. The number of esters is 1. The van der Waals surface area contributed by atoms with E-state index in [1.807, 2.05) is 30.3 Å². The van der Waals surface area contributed by atoms with Crippen LogP contribution in [-0.2, 0) is 22.7 Å². The first-order valence-electron chi connectivity index (χ1n) is 8.38. The number of amides is 1. The Morgan fingerprint density at radius 1 is 1.22 bits per heavy atom. The normalized spacial score (nSPS) is 10.9. The Morgan fingerprint density at radius 2 is 1.93 bits per heavy atom. The smallest absolute Gasteiger partial charge is 0.349 e. The number of thiophene rings is 1. The van der Waals surface area contributed by atoms with Gasteiger partial charge in [0.1, 0.15) is 22.1 Å². The molecule has 1 amide bonds. The summed E-state index contributed by atoms with van der Waals surface area (Å²) in [5, 5.41) is 0.377. The molecule has 0 spiro atoms. The first kappa shape index (κ1) is 18.8. The van der Waals surface area contributed by atoms with Gasteiger partial charge in [0.05, 0.1) is 5.39 Å². The van der Waals surface area contributed by atoms with Crippen molar-refractivity contribution in [2.24, 2.45) is 5.73 Å². The highest BCUT2D eigenvalue weighted by molar-refractivity contribution is 7.20. The van der Waals surface area contributed by atoms with Gasteiger partial charge in [-0.2, -0.15) is 0 Å². The van der Waals surface area contributed by atoms with E-state index in [1.165, 1.54) is 4.57 Å². The largest absolute Gasteiger partial charge is 0.457 e. The van der Waals surface area contributed by atoms with Crippen molar-refractivity contribution in [3.05, 3.63) is 62.5 Å². The Bertz CT molecular complexity index is 1070. The van der Waals surface area contributed by atoms with Gasteiger partial charge in [0.25, 0.3) is 5.56 Å². The zero-order valence-electron chi connectivity index (χ0n) is 15.0. The molecule has 0 aliphatic rings. The van der Waals surface area contributed by atoms with Crippen LogP contribution in [0.3, 0.4) is 0 Å². The molecule has 1 aromatic carbocycles. The summed E-state index contributed by atoms with van der Waals surface area (Å²) in [6.07, 6.45) is 0.0447. The van der Waals surface area contributed by atoms with Gasteiger partial charge in [-0.25, -0.2) is 9.78 Å². The van der Waals surface area contributed by atoms with Crippen LogP contribution in [0, 0.1) is 13.8 Å². The first-order chi connectivity index (χ1) is 12.9. The number of aromatic nitrogens is 2. The standard InChI is InChI=1S/C19H19N3O4S/c1-11-15-17(21-12(2)22(18(15)24)9-8-14(20)23)27-16(11)19(25)26-10-13-6-4-3-5-7-13/h3-7H,8-10H2,1-2H3,(H2,20,23). The number of aryl methyl sites for hydroxylation is 2. The predicted octanol–water partition coefficient (Wildman–Crippen LogP) is 2.31. The third-order valence-corrected chi connectivity index (χ3v) is 5.39. The third-order valence-electron chi connectivity index (χ3n) is 4.22. The van der Waals surface area contributed by atoms with E-state index >= 15 is 0 Å². The number of fused-ring (bicyclic) bond motifs is 1. The highest BCUT2D eigenvalue weighted by Gasteiger charge is 2.21. The van der Waals surface area contributed by atoms with Crippen LogP contribution in [0.2, 0.25) is 0 Å². The molecule has 0 aliphatic carbocycles. The van der Waals surface area contributed by atoms with E-state index in [-0.39, 0.29) is 25.1 Å². The molecule has 3 aromatic rings. The molecule has 0 fully saturated rings. The highest BCUT2D eigenvalue weighted by atomic mass is 32.1. The number of carbonyl (C=O) groups is 2. The molecule has 2 aromatic heterocycles. The molecule has 0 saturated heterocycles. The van der Waals surface area contributed by atoms with Gasteiger partial charge >= 0.3 is 5.97 Å². The van der Waals surface area contributed by atoms with Crippen molar-refractivity contribution in [2.45, 2.75) is 33.4 Å². The quantitative estimate of drug-likeness (QED) is 0.656. The lowest BCUT2D eigenvalue weighted by Gasteiger charge is -2.08. The molecule has 0 bridgehead atoms. The summed E-state index contributed by atoms with van der Waals surface area (Å²) in [4.78, 5) is 41.6. The monoisotopic (exact) mass is 385 g/mol. The Labute approximate surface area is 159 Å². The van der Waals surface area contributed by atoms with Gasteiger partial charge in [0.15, 0.2) is 0 Å². The summed E-state index contributed by atoms with van der Waals surface area (Å²) >= 11 is 1.14. The zero-order chi connectivity index (χ0) is 19.6. The van der Waals surface area contributed by atoms with Crippen molar-refractivity contribution >= 4 is 33.4 Å². The van der Waals surface area contributed by atoms with Crippen LogP contribution in [-0.4, -0.2) is 21.4 Å². The van der Waals surface area contributed by atoms with Crippen LogP contribution >= 0.6 is 11.3 Å². The van der Waals surface area contributed by atoms with Gasteiger partial charge in [-0.15, -0.1) is 11.3 Å². The van der Waals surface area contributed by atoms with E-state index in [9.17, 15) is 14.4 Å². The lowest BCUT2D eigenvalue weighted by Crippen LogP contribution is -2.26. The molecule has 0 aliphatic heterocycles. The Kier molecular flexibility index (Phi) is 5.36. The molecule has 2 N–H and O–H groups in total. The minimum atomic E-state index is -0.492. The molecule has 8 heteroatoms. The SMILES string of the molecule is Cc1c(C(=O)OCc2ccccc2)sc2nc(C)n(CCC(N)=O)c(=O)c12.